The van der Waals surface area contributed by atoms with E-state index in [1.807, 2.05) is 38.1 Å². The van der Waals surface area contributed by atoms with Gasteiger partial charge >= 0.3 is 0 Å². The molecule has 2 aromatic carbocycles. The van der Waals surface area contributed by atoms with Crippen molar-refractivity contribution in [2.75, 3.05) is 19.7 Å². The molecule has 2 heterocycles. The van der Waals surface area contributed by atoms with Crippen LogP contribution in [-0.4, -0.2) is 48.1 Å². The average Bonchev–Trinajstić information content (AvgIpc) is 3.42. The van der Waals surface area contributed by atoms with Crippen LogP contribution in [-0.2, 0) is 27.1 Å². The van der Waals surface area contributed by atoms with Gasteiger partial charge in [0, 0.05) is 29.9 Å². The number of hydrogen-bond acceptors (Lipinski definition) is 5. The lowest BCUT2D eigenvalue weighted by Crippen LogP contribution is -2.30. The molecule has 172 valence electrons. The van der Waals surface area contributed by atoms with Crippen LogP contribution in [0, 0.1) is 0 Å². The molecule has 0 radical (unpaired) electrons. The number of ether oxygens (including phenoxy) is 1. The number of sulfonamides is 1. The highest BCUT2D eigenvalue weighted by Gasteiger charge is 2.24. The Morgan fingerprint density at radius 2 is 2.00 bits per heavy atom. The molecule has 0 amide bonds. The summed E-state index contributed by atoms with van der Waals surface area (Å²) >= 11 is 5.28. The number of hydrogen-bond donors (Lipinski definition) is 0. The topological polar surface area (TPSA) is 64.4 Å². The highest BCUT2D eigenvalue weighted by Crippen LogP contribution is 2.32. The first-order valence-electron chi connectivity index (χ1n) is 10.9. The van der Waals surface area contributed by atoms with Gasteiger partial charge in [0.15, 0.2) is 5.16 Å². The van der Waals surface area contributed by atoms with E-state index in [2.05, 4.69) is 26.6 Å². The quantitative estimate of drug-likeness (QED) is 0.346. The summed E-state index contributed by atoms with van der Waals surface area (Å²) in [6, 6.07) is 13.5. The van der Waals surface area contributed by atoms with Crippen molar-refractivity contribution in [1.29, 1.82) is 0 Å². The maximum atomic E-state index is 13.0. The first kappa shape index (κ1) is 23.8. The van der Waals surface area contributed by atoms with Crippen LogP contribution in [0.3, 0.4) is 0 Å². The Kier molecular flexibility index (Phi) is 7.62. The summed E-state index contributed by atoms with van der Waals surface area (Å²) in [6.07, 6.45) is 2.26. The minimum Gasteiger partial charge on any atom is -0.376 e. The molecule has 6 nitrogen and oxygen atoms in total. The Morgan fingerprint density at radius 1 is 1.22 bits per heavy atom. The summed E-state index contributed by atoms with van der Waals surface area (Å²) < 4.78 is 36.6. The zero-order valence-corrected chi connectivity index (χ0v) is 21.5. The fraction of sp³-hybridized carbons (Fsp3) is 0.435. The molecule has 3 aromatic rings. The molecule has 32 heavy (non-hydrogen) atoms. The minimum atomic E-state index is -3.53. The number of benzene rings is 2. The van der Waals surface area contributed by atoms with E-state index in [0.29, 0.717) is 18.6 Å². The van der Waals surface area contributed by atoms with Gasteiger partial charge in [-0.2, -0.15) is 4.31 Å². The summed E-state index contributed by atoms with van der Waals surface area (Å²) in [4.78, 5) is 5.15. The minimum absolute atomic E-state index is 0.161. The van der Waals surface area contributed by atoms with Crippen LogP contribution in [0.4, 0.5) is 0 Å². The summed E-state index contributed by atoms with van der Waals surface area (Å²) in [5.74, 6) is 0.765. The molecule has 9 heteroatoms. The predicted octanol–water partition coefficient (Wildman–Crippen LogP) is 5.30. The number of aromatic nitrogens is 2. The Hall–Kier alpha value is -1.39. The summed E-state index contributed by atoms with van der Waals surface area (Å²) in [5.41, 5.74) is 2.83. The third-order valence-electron chi connectivity index (χ3n) is 5.75. The smallest absolute Gasteiger partial charge is 0.243 e. The molecule has 1 saturated heterocycles. The molecule has 4 rings (SSSR count). The second-order valence-electron chi connectivity index (χ2n) is 7.76. The first-order valence-corrected chi connectivity index (χ1v) is 14.1. The van der Waals surface area contributed by atoms with Crippen molar-refractivity contribution in [2.24, 2.45) is 0 Å². The van der Waals surface area contributed by atoms with Gasteiger partial charge in [-0.15, -0.1) is 0 Å². The summed E-state index contributed by atoms with van der Waals surface area (Å²) in [6.45, 7) is 6.10. The Balaban J connectivity index is 1.71. The van der Waals surface area contributed by atoms with Crippen LogP contribution in [0.2, 0.25) is 0 Å². The van der Waals surface area contributed by atoms with Gasteiger partial charge in [0.2, 0.25) is 10.0 Å². The standard InChI is InChI=1S/C23H28BrN3O3S2/c1-3-26(4-2)32(28,29)19-11-12-22-21(14-19)25-23(27(22)15-18-9-7-13-30-18)31-16-17-8-5-6-10-20(17)24/h5-6,8,10-12,14,18H,3-4,7,9,13,15-16H2,1-2H3/t18-/m1/s1. The second-order valence-corrected chi connectivity index (χ2v) is 11.5. The van der Waals surface area contributed by atoms with E-state index in [4.69, 9.17) is 9.72 Å². The van der Waals surface area contributed by atoms with E-state index in [-0.39, 0.29) is 11.0 Å². The summed E-state index contributed by atoms with van der Waals surface area (Å²) in [7, 11) is -3.53. The highest BCUT2D eigenvalue weighted by molar-refractivity contribution is 9.10. The monoisotopic (exact) mass is 537 g/mol. The van der Waals surface area contributed by atoms with Gasteiger partial charge in [0.1, 0.15) is 0 Å². The molecular weight excluding hydrogens is 510 g/mol. The van der Waals surface area contributed by atoms with Crippen molar-refractivity contribution in [2.45, 2.75) is 55.1 Å². The van der Waals surface area contributed by atoms with Gasteiger partial charge in [-0.1, -0.05) is 59.7 Å². The predicted molar refractivity (Wildman–Crippen MR) is 133 cm³/mol. The zero-order valence-electron chi connectivity index (χ0n) is 18.3. The van der Waals surface area contributed by atoms with Gasteiger partial charge in [-0.3, -0.25) is 0 Å². The maximum Gasteiger partial charge on any atom is 0.243 e. The van der Waals surface area contributed by atoms with Crippen LogP contribution in [0.15, 0.2) is 57.0 Å². The largest absolute Gasteiger partial charge is 0.376 e. The van der Waals surface area contributed by atoms with Crippen molar-refractivity contribution in [3.05, 3.63) is 52.5 Å². The lowest BCUT2D eigenvalue weighted by Gasteiger charge is -2.18. The van der Waals surface area contributed by atoms with Crippen molar-refractivity contribution >= 4 is 48.7 Å². The number of thioether (sulfide) groups is 1. The molecule has 0 N–H and O–H groups in total. The summed E-state index contributed by atoms with van der Waals surface area (Å²) in [5, 5.41) is 0.878. The molecule has 1 fully saturated rings. The van der Waals surface area contributed by atoms with E-state index in [9.17, 15) is 8.42 Å². The molecule has 1 aliphatic heterocycles. The molecule has 0 spiro atoms. The van der Waals surface area contributed by atoms with Crippen LogP contribution < -0.4 is 0 Å². The number of fused-ring (bicyclic) bond motifs is 1. The Labute approximate surface area is 202 Å². The van der Waals surface area contributed by atoms with Crippen molar-refractivity contribution in [3.8, 4) is 0 Å². The first-order chi connectivity index (χ1) is 15.4. The van der Waals surface area contributed by atoms with Gasteiger partial charge in [-0.05, 0) is 42.7 Å². The van der Waals surface area contributed by atoms with Crippen LogP contribution >= 0.6 is 27.7 Å². The number of rotatable bonds is 9. The Bertz CT molecular complexity index is 1190. The number of nitrogens with zero attached hydrogens (tertiary/aromatic N) is 3. The van der Waals surface area contributed by atoms with Crippen molar-refractivity contribution in [1.82, 2.24) is 13.9 Å². The fourth-order valence-corrected chi connectivity index (χ4v) is 7.11. The van der Waals surface area contributed by atoms with Crippen molar-refractivity contribution < 1.29 is 13.2 Å². The van der Waals surface area contributed by atoms with Gasteiger partial charge in [0.05, 0.1) is 28.6 Å². The molecule has 0 saturated carbocycles. The third-order valence-corrected chi connectivity index (χ3v) is 9.60. The zero-order chi connectivity index (χ0) is 22.7. The number of imidazole rings is 1. The van der Waals surface area contributed by atoms with E-state index in [0.717, 1.165) is 46.9 Å². The van der Waals surface area contributed by atoms with Gasteiger partial charge < -0.3 is 9.30 Å². The molecule has 0 bridgehead atoms. The molecule has 1 aromatic heterocycles. The average molecular weight is 539 g/mol. The lowest BCUT2D eigenvalue weighted by molar-refractivity contribution is 0.0960. The third kappa shape index (κ3) is 4.92. The van der Waals surface area contributed by atoms with E-state index in [1.165, 1.54) is 9.87 Å². The highest BCUT2D eigenvalue weighted by atomic mass is 79.9. The Morgan fingerprint density at radius 3 is 2.69 bits per heavy atom. The maximum absolute atomic E-state index is 13.0. The number of halogens is 1. The van der Waals surface area contributed by atoms with Crippen LogP contribution in [0.1, 0.15) is 32.3 Å². The second kappa shape index (κ2) is 10.3. The lowest BCUT2D eigenvalue weighted by atomic mass is 10.2. The molecular formula is C23H28BrN3O3S2. The van der Waals surface area contributed by atoms with Crippen molar-refractivity contribution in [3.63, 3.8) is 0 Å². The molecule has 0 aliphatic carbocycles. The molecule has 0 unspecified atom stereocenters. The van der Waals surface area contributed by atoms with E-state index in [1.54, 1.807) is 23.9 Å². The fourth-order valence-electron chi connectivity index (χ4n) is 4.00. The van der Waals surface area contributed by atoms with E-state index >= 15 is 0 Å². The SMILES string of the molecule is CCN(CC)S(=O)(=O)c1ccc2c(c1)nc(SCc1ccccc1Br)n2C[C@H]1CCCO1. The van der Waals surface area contributed by atoms with E-state index < -0.39 is 10.0 Å². The molecule has 1 atom stereocenters. The van der Waals surface area contributed by atoms with Crippen LogP contribution in [0.25, 0.3) is 11.0 Å². The van der Waals surface area contributed by atoms with Gasteiger partial charge in [0.25, 0.3) is 0 Å². The molecule has 1 aliphatic rings. The normalized spacial score (nSPS) is 16.9. The van der Waals surface area contributed by atoms with Crippen LogP contribution in [0.5, 0.6) is 0 Å². The van der Waals surface area contributed by atoms with Gasteiger partial charge in [-0.25, -0.2) is 13.4 Å².